The molecule has 33 heavy (non-hydrogen) atoms. The average Bonchev–Trinajstić information content (AvgIpc) is 3.47. The maximum Gasteiger partial charge on any atom is 0.274 e. The number of nitrogens with one attached hydrogen (secondary N) is 2. The normalized spacial score (nSPS) is 16.4. The summed E-state index contributed by atoms with van der Waals surface area (Å²) in [4.78, 5) is 29.3. The Bertz CT molecular complexity index is 1180. The van der Waals surface area contributed by atoms with E-state index in [1.807, 2.05) is 22.6 Å². The number of benzene rings is 2. The molecule has 1 aliphatic heterocycles. The van der Waals surface area contributed by atoms with Crippen molar-refractivity contribution in [1.82, 2.24) is 14.9 Å². The van der Waals surface area contributed by atoms with Crippen LogP contribution in [0, 0.1) is 15.2 Å². The molecule has 1 saturated heterocycles. The number of nitrogens with zero attached hydrogens (tertiary/aromatic N) is 2. The van der Waals surface area contributed by atoms with Crippen molar-refractivity contribution >= 4 is 45.8 Å². The number of nitrogens with two attached hydrogens (primary N) is 1. The van der Waals surface area contributed by atoms with Crippen molar-refractivity contribution in [1.29, 1.82) is 0 Å². The van der Waals surface area contributed by atoms with Crippen LogP contribution in [0.2, 0.25) is 0 Å². The van der Waals surface area contributed by atoms with Crippen LogP contribution in [0.15, 0.2) is 49.1 Å². The van der Waals surface area contributed by atoms with E-state index in [0.29, 0.717) is 16.5 Å². The second-order valence-electron chi connectivity index (χ2n) is 7.49. The van der Waals surface area contributed by atoms with Crippen LogP contribution in [0.4, 0.5) is 20.2 Å². The zero-order chi connectivity index (χ0) is 23.5. The highest BCUT2D eigenvalue weighted by molar-refractivity contribution is 14.1. The molecule has 3 aromatic rings. The van der Waals surface area contributed by atoms with Crippen LogP contribution in [0.3, 0.4) is 0 Å². The van der Waals surface area contributed by atoms with E-state index in [1.165, 1.54) is 35.4 Å². The van der Waals surface area contributed by atoms with E-state index in [-0.39, 0.29) is 28.7 Å². The smallest absolute Gasteiger partial charge is 0.274 e. The lowest BCUT2D eigenvalue weighted by atomic mass is 10.1. The summed E-state index contributed by atoms with van der Waals surface area (Å²) in [6.45, 7) is 0.687. The highest BCUT2D eigenvalue weighted by atomic mass is 127. The minimum absolute atomic E-state index is 0.0259. The predicted octanol–water partition coefficient (Wildman–Crippen LogP) is 3.45. The topological polar surface area (TPSA) is 111 Å². The molecule has 4 rings (SSSR count). The van der Waals surface area contributed by atoms with Gasteiger partial charge in [-0.15, -0.1) is 0 Å². The van der Waals surface area contributed by atoms with Gasteiger partial charge in [-0.3, -0.25) is 14.2 Å². The Morgan fingerprint density at radius 3 is 2.73 bits per heavy atom. The van der Waals surface area contributed by atoms with Gasteiger partial charge in [-0.05, 0) is 66.2 Å². The van der Waals surface area contributed by atoms with Crippen molar-refractivity contribution in [2.45, 2.75) is 25.0 Å². The molecule has 4 N–H and O–H groups in total. The monoisotopic (exact) mass is 567 g/mol. The van der Waals surface area contributed by atoms with Gasteiger partial charge in [-0.25, -0.2) is 13.8 Å². The van der Waals surface area contributed by atoms with Gasteiger partial charge in [0.05, 0.1) is 17.4 Å². The number of primary amides is 1. The highest BCUT2D eigenvalue weighted by Gasteiger charge is 2.35. The largest absolute Gasteiger partial charge is 0.478 e. The lowest BCUT2D eigenvalue weighted by molar-refractivity contribution is 0.0636. The summed E-state index contributed by atoms with van der Waals surface area (Å²) in [5.41, 5.74) is 5.34. The Morgan fingerprint density at radius 2 is 2.09 bits per heavy atom. The average molecular weight is 567 g/mol. The molecule has 2 aromatic carbocycles. The Balaban J connectivity index is 1.73. The van der Waals surface area contributed by atoms with E-state index in [1.54, 1.807) is 6.07 Å². The lowest BCUT2D eigenvalue weighted by Crippen LogP contribution is -2.46. The summed E-state index contributed by atoms with van der Waals surface area (Å²) < 4.78 is 36.8. The molecule has 8 nitrogen and oxygen atoms in total. The molecule has 11 heteroatoms. The van der Waals surface area contributed by atoms with Crippen molar-refractivity contribution in [3.05, 3.63) is 69.8 Å². The van der Waals surface area contributed by atoms with Gasteiger partial charge in [-0.2, -0.15) is 0 Å². The lowest BCUT2D eigenvalue weighted by Gasteiger charge is -2.25. The standard InChI is InChI=1S/C22H20F2IN5O3/c23-12-8-17(29-15-4-3-13(25)10-14(15)24)19(21(26)31)18(9-12)33-20(16-2-1-5-28-16)22(32)30-7-6-27-11-30/h3-4,6-11,16,20,28-29H,1-2,5H2,(H2,26,31)/t16?,20-/m1/s1. The molecule has 1 fully saturated rings. The molecule has 1 amide bonds. The van der Waals surface area contributed by atoms with Gasteiger partial charge < -0.3 is 21.1 Å². The van der Waals surface area contributed by atoms with Gasteiger partial charge >= 0.3 is 0 Å². The highest BCUT2D eigenvalue weighted by Crippen LogP contribution is 2.33. The maximum atomic E-state index is 14.6. The summed E-state index contributed by atoms with van der Waals surface area (Å²) in [5.74, 6) is -2.93. The Kier molecular flexibility index (Phi) is 6.88. The first kappa shape index (κ1) is 23.1. The van der Waals surface area contributed by atoms with Gasteiger partial charge in [-0.1, -0.05) is 0 Å². The molecule has 0 aliphatic carbocycles. The van der Waals surface area contributed by atoms with Crippen LogP contribution >= 0.6 is 22.6 Å². The van der Waals surface area contributed by atoms with E-state index >= 15 is 0 Å². The summed E-state index contributed by atoms with van der Waals surface area (Å²) in [7, 11) is 0. The molecule has 0 bridgehead atoms. The first-order valence-electron chi connectivity index (χ1n) is 10.1. The van der Waals surface area contributed by atoms with E-state index < -0.39 is 29.6 Å². The number of halogens is 3. The molecule has 0 spiro atoms. The fourth-order valence-corrected chi connectivity index (χ4v) is 4.16. The quantitative estimate of drug-likeness (QED) is 0.378. The fraction of sp³-hybridized carbons (Fsp3) is 0.227. The molecule has 1 unspecified atom stereocenters. The number of rotatable bonds is 7. The van der Waals surface area contributed by atoms with Crippen LogP contribution in [-0.2, 0) is 0 Å². The third-order valence-corrected chi connectivity index (χ3v) is 5.90. The van der Waals surface area contributed by atoms with Gasteiger partial charge in [0.1, 0.15) is 29.3 Å². The van der Waals surface area contributed by atoms with Crippen LogP contribution in [0.25, 0.3) is 0 Å². The molecule has 1 aromatic heterocycles. The molecular formula is C22H20F2IN5O3. The van der Waals surface area contributed by atoms with Gasteiger partial charge in [0, 0.05) is 22.0 Å². The maximum absolute atomic E-state index is 14.6. The summed E-state index contributed by atoms with van der Waals surface area (Å²) in [6, 6.07) is 6.03. The summed E-state index contributed by atoms with van der Waals surface area (Å²) in [5, 5.41) is 5.91. The third kappa shape index (κ3) is 5.14. The number of carbonyl (C=O) groups is 2. The fourth-order valence-electron chi connectivity index (χ4n) is 3.71. The second-order valence-corrected chi connectivity index (χ2v) is 8.74. The minimum Gasteiger partial charge on any atom is -0.478 e. The van der Waals surface area contributed by atoms with Crippen molar-refractivity contribution in [2.75, 3.05) is 11.9 Å². The minimum atomic E-state index is -1.08. The van der Waals surface area contributed by atoms with Crippen LogP contribution < -0.4 is 21.1 Å². The molecule has 2 heterocycles. The third-order valence-electron chi connectivity index (χ3n) is 5.23. The Morgan fingerprint density at radius 1 is 1.27 bits per heavy atom. The number of ether oxygens (including phenoxy) is 1. The van der Waals surface area contributed by atoms with Crippen molar-refractivity contribution in [3.8, 4) is 5.75 Å². The molecule has 1 aliphatic rings. The number of carbonyl (C=O) groups excluding carboxylic acids is 2. The van der Waals surface area contributed by atoms with Gasteiger partial charge in [0.15, 0.2) is 6.10 Å². The van der Waals surface area contributed by atoms with E-state index in [2.05, 4.69) is 15.6 Å². The number of imidazole rings is 1. The SMILES string of the molecule is NC(=O)c1c(Nc2ccc(I)cc2F)cc(F)cc1O[C@@H](C(=O)n1ccnc1)C1CCCN1. The summed E-state index contributed by atoms with van der Waals surface area (Å²) >= 11 is 1.96. The van der Waals surface area contributed by atoms with Crippen LogP contribution in [0.1, 0.15) is 28.0 Å². The first-order valence-corrected chi connectivity index (χ1v) is 11.2. The van der Waals surface area contributed by atoms with Crippen molar-refractivity contribution in [3.63, 3.8) is 0 Å². The number of aromatic nitrogens is 2. The van der Waals surface area contributed by atoms with Crippen molar-refractivity contribution < 1.29 is 23.1 Å². The van der Waals surface area contributed by atoms with Crippen LogP contribution in [0.5, 0.6) is 5.75 Å². The Hall–Kier alpha value is -3.06. The molecule has 2 atom stereocenters. The molecule has 172 valence electrons. The van der Waals surface area contributed by atoms with Crippen LogP contribution in [-0.4, -0.2) is 40.1 Å². The van der Waals surface area contributed by atoms with Gasteiger partial charge in [0.25, 0.3) is 11.8 Å². The van der Waals surface area contributed by atoms with E-state index in [4.69, 9.17) is 10.5 Å². The molecule has 0 radical (unpaired) electrons. The zero-order valence-electron chi connectivity index (χ0n) is 17.2. The predicted molar refractivity (Wildman–Crippen MR) is 126 cm³/mol. The number of amides is 1. The van der Waals surface area contributed by atoms with E-state index in [0.717, 1.165) is 18.6 Å². The first-order chi connectivity index (χ1) is 15.8. The second kappa shape index (κ2) is 9.83. The number of anilines is 2. The molecule has 0 saturated carbocycles. The number of hydrogen-bond acceptors (Lipinski definition) is 6. The zero-order valence-corrected chi connectivity index (χ0v) is 19.4. The van der Waals surface area contributed by atoms with Crippen molar-refractivity contribution in [2.24, 2.45) is 5.73 Å². The number of hydrogen-bond donors (Lipinski definition) is 3. The van der Waals surface area contributed by atoms with Gasteiger partial charge in [0.2, 0.25) is 0 Å². The Labute approximate surface area is 201 Å². The molecular weight excluding hydrogens is 547 g/mol. The summed E-state index contributed by atoms with van der Waals surface area (Å²) in [6.07, 6.45) is 4.65. The van der Waals surface area contributed by atoms with E-state index in [9.17, 15) is 18.4 Å².